The first kappa shape index (κ1) is 10.9. The van der Waals surface area contributed by atoms with Gasteiger partial charge in [-0.25, -0.2) is 4.98 Å². The van der Waals surface area contributed by atoms with Gasteiger partial charge in [-0.3, -0.25) is 0 Å². The van der Waals surface area contributed by atoms with Crippen molar-refractivity contribution in [3.63, 3.8) is 0 Å². The minimum absolute atomic E-state index is 0.456. The summed E-state index contributed by atoms with van der Waals surface area (Å²) < 4.78 is 0. The zero-order valence-electron chi connectivity index (χ0n) is 9.18. The van der Waals surface area contributed by atoms with Crippen LogP contribution in [0.4, 0.5) is 5.13 Å². The lowest BCUT2D eigenvalue weighted by Gasteiger charge is -2.32. The lowest BCUT2D eigenvalue weighted by Crippen LogP contribution is -2.44. The summed E-state index contributed by atoms with van der Waals surface area (Å²) in [6, 6.07) is 0. The molecule has 0 amide bonds. The molecule has 5 heteroatoms. The summed E-state index contributed by atoms with van der Waals surface area (Å²) in [6.45, 7) is 5.99. The van der Waals surface area contributed by atoms with E-state index < -0.39 is 6.10 Å². The number of hydrogen-bond donors (Lipinski definition) is 1. The molecule has 1 fully saturated rings. The number of thiazole rings is 1. The Morgan fingerprint density at radius 2 is 2.07 bits per heavy atom. The van der Waals surface area contributed by atoms with Crippen LogP contribution in [0.5, 0.6) is 0 Å². The third-order valence-corrected chi connectivity index (χ3v) is 3.63. The Balaban J connectivity index is 2.03. The number of nitrogens with zero attached hydrogens (tertiary/aromatic N) is 3. The maximum absolute atomic E-state index is 9.39. The molecule has 0 aliphatic carbocycles. The van der Waals surface area contributed by atoms with Crippen LogP contribution >= 0.6 is 11.3 Å². The predicted molar refractivity (Wildman–Crippen MR) is 62.5 cm³/mol. The highest BCUT2D eigenvalue weighted by molar-refractivity contribution is 7.13. The van der Waals surface area contributed by atoms with E-state index in [0.29, 0.717) is 0 Å². The van der Waals surface area contributed by atoms with Gasteiger partial charge >= 0.3 is 0 Å². The van der Waals surface area contributed by atoms with Crippen LogP contribution in [0, 0.1) is 0 Å². The van der Waals surface area contributed by atoms with E-state index in [4.69, 9.17) is 0 Å². The van der Waals surface area contributed by atoms with Gasteiger partial charge in [0.1, 0.15) is 0 Å². The van der Waals surface area contributed by atoms with Crippen molar-refractivity contribution in [3.8, 4) is 0 Å². The number of aliphatic hydroxyl groups is 1. The summed E-state index contributed by atoms with van der Waals surface area (Å²) in [4.78, 5) is 9.04. The third kappa shape index (κ3) is 2.48. The Kier molecular flexibility index (Phi) is 3.23. The van der Waals surface area contributed by atoms with Gasteiger partial charge in [0.05, 0.1) is 11.8 Å². The molecule has 1 unspecified atom stereocenters. The van der Waals surface area contributed by atoms with Gasteiger partial charge in [-0.1, -0.05) is 0 Å². The lowest BCUT2D eigenvalue weighted by atomic mass is 10.3. The first-order valence-corrected chi connectivity index (χ1v) is 6.12. The second-order valence-electron chi connectivity index (χ2n) is 4.02. The van der Waals surface area contributed by atoms with Gasteiger partial charge in [-0.2, -0.15) is 0 Å². The Bertz CT molecular complexity index is 318. The standard InChI is InChI=1S/C10H17N3OS/c1-8(14)9-7-15-10(11-9)13-5-3-12(2)4-6-13/h7-8,14H,3-6H2,1-2H3. The van der Waals surface area contributed by atoms with Crippen molar-refractivity contribution in [3.05, 3.63) is 11.1 Å². The normalized spacial score (nSPS) is 20.6. The number of aliphatic hydroxyl groups excluding tert-OH is 1. The molecule has 0 radical (unpaired) electrons. The fourth-order valence-electron chi connectivity index (χ4n) is 1.61. The zero-order valence-corrected chi connectivity index (χ0v) is 10.00. The molecular formula is C10H17N3OS. The van der Waals surface area contributed by atoms with E-state index in [0.717, 1.165) is 37.0 Å². The van der Waals surface area contributed by atoms with Gasteiger partial charge in [0.15, 0.2) is 5.13 Å². The van der Waals surface area contributed by atoms with E-state index >= 15 is 0 Å². The fourth-order valence-corrected chi connectivity index (χ4v) is 2.58. The molecule has 1 aromatic heterocycles. The second kappa shape index (κ2) is 4.47. The van der Waals surface area contributed by atoms with Crippen LogP contribution in [0.3, 0.4) is 0 Å². The van der Waals surface area contributed by atoms with Crippen LogP contribution in [-0.4, -0.2) is 48.2 Å². The number of piperazine rings is 1. The van der Waals surface area contributed by atoms with Crippen LogP contribution in [0.1, 0.15) is 18.7 Å². The summed E-state index contributed by atoms with van der Waals surface area (Å²) in [5, 5.41) is 12.4. The molecule has 1 aliphatic rings. The van der Waals surface area contributed by atoms with E-state index in [1.54, 1.807) is 18.3 Å². The predicted octanol–water partition coefficient (Wildman–Crippen LogP) is 0.948. The van der Waals surface area contributed by atoms with Gasteiger partial charge in [0.2, 0.25) is 0 Å². The number of hydrogen-bond acceptors (Lipinski definition) is 5. The molecule has 2 rings (SSSR count). The summed E-state index contributed by atoms with van der Waals surface area (Å²) in [7, 11) is 2.14. The van der Waals surface area contributed by atoms with Gasteiger partial charge in [-0.05, 0) is 14.0 Å². The van der Waals surface area contributed by atoms with Crippen LogP contribution < -0.4 is 4.90 Å². The molecule has 1 aromatic rings. The largest absolute Gasteiger partial charge is 0.387 e. The molecule has 4 nitrogen and oxygen atoms in total. The smallest absolute Gasteiger partial charge is 0.185 e. The molecule has 84 valence electrons. The van der Waals surface area contributed by atoms with Crippen molar-refractivity contribution in [2.24, 2.45) is 0 Å². The lowest BCUT2D eigenvalue weighted by molar-refractivity contribution is 0.195. The first-order chi connectivity index (χ1) is 7.16. The van der Waals surface area contributed by atoms with Crippen LogP contribution in [0.25, 0.3) is 0 Å². The molecule has 0 bridgehead atoms. The topological polar surface area (TPSA) is 39.6 Å². The number of rotatable bonds is 2. The van der Waals surface area contributed by atoms with Gasteiger partial charge in [0, 0.05) is 31.6 Å². The van der Waals surface area contributed by atoms with Crippen LogP contribution in [0.2, 0.25) is 0 Å². The van der Waals surface area contributed by atoms with Crippen molar-refractivity contribution >= 4 is 16.5 Å². The minimum Gasteiger partial charge on any atom is -0.387 e. The van der Waals surface area contributed by atoms with Gasteiger partial charge < -0.3 is 14.9 Å². The molecule has 15 heavy (non-hydrogen) atoms. The van der Waals surface area contributed by atoms with Gasteiger partial charge in [-0.15, -0.1) is 11.3 Å². The first-order valence-electron chi connectivity index (χ1n) is 5.24. The van der Waals surface area contributed by atoms with E-state index in [9.17, 15) is 5.11 Å². The Morgan fingerprint density at radius 3 is 2.60 bits per heavy atom. The van der Waals surface area contributed by atoms with Crippen molar-refractivity contribution in [1.82, 2.24) is 9.88 Å². The Morgan fingerprint density at radius 1 is 1.40 bits per heavy atom. The van der Waals surface area contributed by atoms with E-state index in [2.05, 4.69) is 21.8 Å². The Hall–Kier alpha value is -0.650. The molecule has 1 N–H and O–H groups in total. The van der Waals surface area contributed by atoms with E-state index in [1.165, 1.54) is 0 Å². The maximum atomic E-state index is 9.39. The molecule has 0 spiro atoms. The number of anilines is 1. The van der Waals surface area contributed by atoms with Crippen LogP contribution in [-0.2, 0) is 0 Å². The summed E-state index contributed by atoms with van der Waals surface area (Å²) in [6.07, 6.45) is -0.456. The Labute approximate surface area is 94.2 Å². The zero-order chi connectivity index (χ0) is 10.8. The monoisotopic (exact) mass is 227 g/mol. The molecule has 1 aliphatic heterocycles. The van der Waals surface area contributed by atoms with Crippen molar-refractivity contribution in [1.29, 1.82) is 0 Å². The van der Waals surface area contributed by atoms with E-state index in [1.807, 2.05) is 5.38 Å². The molecule has 1 saturated heterocycles. The second-order valence-corrected chi connectivity index (χ2v) is 4.86. The molecule has 0 aromatic carbocycles. The number of likely N-dealkylation sites (N-methyl/N-ethyl adjacent to an activating group) is 1. The quantitative estimate of drug-likeness (QED) is 0.816. The average Bonchev–Trinajstić information content (AvgIpc) is 2.68. The van der Waals surface area contributed by atoms with E-state index in [-0.39, 0.29) is 0 Å². The fraction of sp³-hybridized carbons (Fsp3) is 0.700. The maximum Gasteiger partial charge on any atom is 0.185 e. The highest BCUT2D eigenvalue weighted by Gasteiger charge is 2.17. The summed E-state index contributed by atoms with van der Waals surface area (Å²) in [5.41, 5.74) is 0.786. The van der Waals surface area contributed by atoms with Gasteiger partial charge in [0.25, 0.3) is 0 Å². The van der Waals surface area contributed by atoms with Crippen molar-refractivity contribution < 1.29 is 5.11 Å². The minimum atomic E-state index is -0.456. The highest BCUT2D eigenvalue weighted by Crippen LogP contribution is 2.24. The highest BCUT2D eigenvalue weighted by atomic mass is 32.1. The van der Waals surface area contributed by atoms with Crippen molar-refractivity contribution in [2.75, 3.05) is 38.1 Å². The molecular weight excluding hydrogens is 210 g/mol. The molecule has 0 saturated carbocycles. The summed E-state index contributed by atoms with van der Waals surface area (Å²) in [5.74, 6) is 0. The summed E-state index contributed by atoms with van der Waals surface area (Å²) >= 11 is 1.62. The average molecular weight is 227 g/mol. The molecule has 1 atom stereocenters. The third-order valence-electron chi connectivity index (χ3n) is 2.71. The van der Waals surface area contributed by atoms with Crippen molar-refractivity contribution in [2.45, 2.75) is 13.0 Å². The number of aromatic nitrogens is 1. The van der Waals surface area contributed by atoms with Crippen LogP contribution in [0.15, 0.2) is 5.38 Å². The SMILES string of the molecule is CC(O)c1csc(N2CCN(C)CC2)n1. The molecule has 2 heterocycles.